The molecule has 0 saturated carbocycles. The molecule has 0 aliphatic carbocycles. The fourth-order valence-electron chi connectivity index (χ4n) is 3.65. The first-order valence-electron chi connectivity index (χ1n) is 10.4. The van der Waals surface area contributed by atoms with E-state index in [1.165, 1.54) is 12.1 Å². The lowest BCUT2D eigenvalue weighted by molar-refractivity contribution is -0.137. The van der Waals surface area contributed by atoms with Gasteiger partial charge >= 0.3 is 6.18 Å². The number of piperazine rings is 1. The van der Waals surface area contributed by atoms with E-state index in [0.29, 0.717) is 54.8 Å². The van der Waals surface area contributed by atoms with Crippen molar-refractivity contribution in [3.05, 3.63) is 88.3 Å². The van der Waals surface area contributed by atoms with Crippen LogP contribution in [0.15, 0.2) is 65.1 Å². The van der Waals surface area contributed by atoms with Gasteiger partial charge in [0.15, 0.2) is 5.76 Å². The van der Waals surface area contributed by atoms with Gasteiger partial charge in [0.2, 0.25) is 0 Å². The van der Waals surface area contributed by atoms with Crippen LogP contribution in [0.5, 0.6) is 5.75 Å². The number of halogens is 4. The van der Waals surface area contributed by atoms with Crippen molar-refractivity contribution in [3.63, 3.8) is 0 Å². The lowest BCUT2D eigenvalue weighted by Crippen LogP contribution is -2.48. The van der Waals surface area contributed by atoms with Crippen molar-refractivity contribution < 1.29 is 27.1 Å². The van der Waals surface area contributed by atoms with E-state index in [1.807, 2.05) is 11.0 Å². The molecule has 0 spiro atoms. The maximum atomic E-state index is 12.9. The fourth-order valence-corrected chi connectivity index (χ4v) is 3.84. The van der Waals surface area contributed by atoms with Crippen molar-refractivity contribution in [3.8, 4) is 5.75 Å². The quantitative estimate of drug-likeness (QED) is 0.470. The second-order valence-electron chi connectivity index (χ2n) is 7.75. The molecular weight excluding hydrogens is 457 g/mol. The van der Waals surface area contributed by atoms with Crippen LogP contribution in [-0.4, -0.2) is 41.9 Å². The third-order valence-electron chi connectivity index (χ3n) is 5.40. The number of ether oxygens (including phenoxy) is 1. The predicted octanol–water partition coefficient (Wildman–Crippen LogP) is 5.49. The molecule has 9 heteroatoms. The Morgan fingerprint density at radius 1 is 1.00 bits per heavy atom. The molecule has 1 saturated heterocycles. The highest BCUT2D eigenvalue weighted by atomic mass is 35.5. The molecule has 1 aliphatic rings. The SMILES string of the molecule is O=C(c1ccc(COc2ccccc2Cl)o1)N1CCN(Cc2cccc(C(F)(F)F)c2)CC1. The summed E-state index contributed by atoms with van der Waals surface area (Å²) in [6.07, 6.45) is -4.36. The normalized spacial score (nSPS) is 15.0. The number of hydrogen-bond donors (Lipinski definition) is 0. The summed E-state index contributed by atoms with van der Waals surface area (Å²) in [6, 6.07) is 15.7. The van der Waals surface area contributed by atoms with Crippen LogP contribution in [0, 0.1) is 0 Å². The Labute approximate surface area is 194 Å². The van der Waals surface area contributed by atoms with Crippen molar-refractivity contribution in [2.24, 2.45) is 0 Å². The zero-order chi connectivity index (χ0) is 23.4. The Bertz CT molecular complexity index is 1110. The van der Waals surface area contributed by atoms with Crippen molar-refractivity contribution in [2.45, 2.75) is 19.3 Å². The molecule has 0 radical (unpaired) electrons. The number of carbonyl (C=O) groups excluding carboxylic acids is 1. The minimum absolute atomic E-state index is 0.141. The molecule has 0 bridgehead atoms. The van der Waals surface area contributed by atoms with E-state index in [0.717, 1.165) is 6.07 Å². The molecular formula is C24H22ClF3N2O3. The van der Waals surface area contributed by atoms with Crippen molar-refractivity contribution >= 4 is 17.5 Å². The molecule has 1 fully saturated rings. The number of alkyl halides is 3. The molecule has 33 heavy (non-hydrogen) atoms. The molecule has 1 aliphatic heterocycles. The Hall–Kier alpha value is -2.97. The van der Waals surface area contributed by atoms with E-state index in [1.54, 1.807) is 41.3 Å². The van der Waals surface area contributed by atoms with Gasteiger partial charge in [0, 0.05) is 32.7 Å². The maximum absolute atomic E-state index is 12.9. The van der Waals surface area contributed by atoms with Crippen molar-refractivity contribution in [1.82, 2.24) is 9.80 Å². The Morgan fingerprint density at radius 3 is 2.48 bits per heavy atom. The third-order valence-corrected chi connectivity index (χ3v) is 5.71. The van der Waals surface area contributed by atoms with Gasteiger partial charge in [0.05, 0.1) is 10.6 Å². The highest BCUT2D eigenvalue weighted by Crippen LogP contribution is 2.30. The summed E-state index contributed by atoms with van der Waals surface area (Å²) in [6.45, 7) is 2.59. The van der Waals surface area contributed by atoms with Crippen LogP contribution in [-0.2, 0) is 19.3 Å². The van der Waals surface area contributed by atoms with Gasteiger partial charge in [-0.3, -0.25) is 9.69 Å². The predicted molar refractivity (Wildman–Crippen MR) is 117 cm³/mol. The highest BCUT2D eigenvalue weighted by molar-refractivity contribution is 6.32. The van der Waals surface area contributed by atoms with Crippen LogP contribution >= 0.6 is 11.6 Å². The lowest BCUT2D eigenvalue weighted by atomic mass is 10.1. The van der Waals surface area contributed by atoms with Gasteiger partial charge in [-0.15, -0.1) is 0 Å². The molecule has 0 N–H and O–H groups in total. The topological polar surface area (TPSA) is 45.9 Å². The van der Waals surface area contributed by atoms with Gasteiger partial charge in [-0.05, 0) is 35.9 Å². The second-order valence-corrected chi connectivity index (χ2v) is 8.16. The van der Waals surface area contributed by atoms with Crippen LogP contribution in [0.1, 0.15) is 27.4 Å². The minimum Gasteiger partial charge on any atom is -0.484 e. The number of amides is 1. The number of carbonyl (C=O) groups is 1. The fraction of sp³-hybridized carbons (Fsp3) is 0.292. The summed E-state index contributed by atoms with van der Waals surface area (Å²) in [7, 11) is 0. The molecule has 4 rings (SSSR count). The second kappa shape index (κ2) is 9.89. The Balaban J connectivity index is 1.29. The van der Waals surface area contributed by atoms with Crippen LogP contribution < -0.4 is 4.74 Å². The molecule has 5 nitrogen and oxygen atoms in total. The van der Waals surface area contributed by atoms with E-state index in [-0.39, 0.29) is 18.3 Å². The summed E-state index contributed by atoms with van der Waals surface area (Å²) in [5, 5.41) is 0.489. The number of furan rings is 1. The maximum Gasteiger partial charge on any atom is 0.416 e. The first-order valence-corrected chi connectivity index (χ1v) is 10.8. The highest BCUT2D eigenvalue weighted by Gasteiger charge is 2.30. The van der Waals surface area contributed by atoms with Gasteiger partial charge < -0.3 is 14.1 Å². The van der Waals surface area contributed by atoms with E-state index < -0.39 is 11.7 Å². The van der Waals surface area contributed by atoms with Crippen LogP contribution in [0.25, 0.3) is 0 Å². The van der Waals surface area contributed by atoms with Crippen molar-refractivity contribution in [2.75, 3.05) is 26.2 Å². The molecule has 2 aromatic carbocycles. The first kappa shape index (κ1) is 23.2. The van der Waals surface area contributed by atoms with Gasteiger partial charge in [-0.2, -0.15) is 13.2 Å². The van der Waals surface area contributed by atoms with Gasteiger partial charge in [0.1, 0.15) is 18.1 Å². The largest absolute Gasteiger partial charge is 0.484 e. The summed E-state index contributed by atoms with van der Waals surface area (Å²) in [4.78, 5) is 16.5. The van der Waals surface area contributed by atoms with Crippen LogP contribution in [0.3, 0.4) is 0 Å². The summed E-state index contributed by atoms with van der Waals surface area (Å²) >= 11 is 6.07. The number of hydrogen-bond acceptors (Lipinski definition) is 4. The van der Waals surface area contributed by atoms with Gasteiger partial charge in [-0.1, -0.05) is 41.9 Å². The third kappa shape index (κ3) is 5.89. The first-order chi connectivity index (χ1) is 15.8. The standard InChI is InChI=1S/C24H22ClF3N2O3/c25-20-6-1-2-7-21(20)32-16-19-8-9-22(33-19)23(31)30-12-10-29(11-13-30)15-17-4-3-5-18(14-17)24(26,27)28/h1-9,14H,10-13,15-16H2. The average Bonchev–Trinajstić information content (AvgIpc) is 3.27. The molecule has 174 valence electrons. The van der Waals surface area contributed by atoms with Gasteiger partial charge in [-0.25, -0.2) is 0 Å². The van der Waals surface area contributed by atoms with E-state index in [2.05, 4.69) is 0 Å². The number of rotatable bonds is 6. The van der Waals surface area contributed by atoms with E-state index >= 15 is 0 Å². The monoisotopic (exact) mass is 478 g/mol. The van der Waals surface area contributed by atoms with E-state index in [9.17, 15) is 18.0 Å². The minimum atomic E-state index is -4.36. The number of para-hydroxylation sites is 1. The Kier molecular flexibility index (Phi) is 6.95. The van der Waals surface area contributed by atoms with E-state index in [4.69, 9.17) is 20.8 Å². The zero-order valence-electron chi connectivity index (χ0n) is 17.6. The number of nitrogens with zero attached hydrogens (tertiary/aromatic N) is 2. The zero-order valence-corrected chi connectivity index (χ0v) is 18.4. The smallest absolute Gasteiger partial charge is 0.416 e. The summed E-state index contributed by atoms with van der Waals surface area (Å²) in [5.41, 5.74) is -0.0558. The summed E-state index contributed by atoms with van der Waals surface area (Å²) in [5.74, 6) is 1.03. The molecule has 0 atom stereocenters. The molecule has 0 unspecified atom stereocenters. The van der Waals surface area contributed by atoms with Crippen molar-refractivity contribution in [1.29, 1.82) is 0 Å². The number of benzene rings is 2. The van der Waals surface area contributed by atoms with Crippen LogP contribution in [0.2, 0.25) is 5.02 Å². The molecule has 1 amide bonds. The van der Waals surface area contributed by atoms with Crippen LogP contribution in [0.4, 0.5) is 13.2 Å². The Morgan fingerprint density at radius 2 is 1.76 bits per heavy atom. The van der Waals surface area contributed by atoms with Gasteiger partial charge in [0.25, 0.3) is 5.91 Å². The summed E-state index contributed by atoms with van der Waals surface area (Å²) < 4.78 is 50.0. The lowest BCUT2D eigenvalue weighted by Gasteiger charge is -2.34. The average molecular weight is 479 g/mol. The molecule has 2 heterocycles. The molecule has 3 aromatic rings. The molecule has 1 aromatic heterocycles.